The molecule has 0 fully saturated rings. The molecule has 0 aromatic carbocycles. The van der Waals surface area contributed by atoms with Gasteiger partial charge < -0.3 is 5.11 Å². The number of hydrogen-bond acceptors (Lipinski definition) is 5. The van der Waals surface area contributed by atoms with Crippen molar-refractivity contribution in [2.75, 3.05) is 20.7 Å². The molecule has 0 rings (SSSR count). The maximum Gasteiger partial charge on any atom is 0.397 e. The molecule has 1 unspecified atom stereocenters. The molecule has 0 aromatic rings. The van der Waals surface area contributed by atoms with Crippen LogP contribution < -0.4 is 0 Å². The van der Waals surface area contributed by atoms with E-state index in [9.17, 15) is 13.5 Å². The van der Waals surface area contributed by atoms with Gasteiger partial charge in [0, 0.05) is 6.54 Å². The number of rotatable bonds is 38. The Morgan fingerprint density at radius 3 is 0.878 bits per heavy atom. The number of unbranched alkanes of at least 4 members (excludes halogenated alkanes) is 30. The third-order valence-corrected chi connectivity index (χ3v) is 10.7. The van der Waals surface area contributed by atoms with Crippen LogP contribution in [0.15, 0.2) is 0 Å². The molecule has 0 radical (unpaired) electrons. The van der Waals surface area contributed by atoms with Gasteiger partial charge in [0.25, 0.3) is 0 Å². The van der Waals surface area contributed by atoms with E-state index in [0.717, 1.165) is 19.6 Å². The molecule has 2 N–H and O–H groups in total. The summed E-state index contributed by atoms with van der Waals surface area (Å²) in [6.45, 7) is 7.59. The number of hydrogen-bond donors (Lipinski definition) is 2. The van der Waals surface area contributed by atoms with E-state index in [-0.39, 0.29) is 6.23 Å². The van der Waals surface area contributed by atoms with E-state index in [1.165, 1.54) is 218 Å². The Hall–Kier alpha value is -0.210. The topological polar surface area (TPSA) is 87.1 Å². The highest BCUT2D eigenvalue weighted by Gasteiger charge is 2.14. The number of nitrogens with zero attached hydrogens (tertiary/aromatic N) is 1. The first-order valence-electron chi connectivity index (χ1n) is 21.6. The predicted octanol–water partition coefficient (Wildman–Crippen LogP) is 13.6. The highest BCUT2D eigenvalue weighted by molar-refractivity contribution is 7.80. The van der Waals surface area contributed by atoms with Gasteiger partial charge in [-0.3, -0.25) is 13.6 Å². The van der Waals surface area contributed by atoms with Crippen molar-refractivity contribution in [2.45, 2.75) is 245 Å². The number of aliphatic hydroxyl groups excluding tert-OH is 1. The molecule has 0 saturated carbocycles. The molecule has 0 aromatic heterocycles. The highest BCUT2D eigenvalue weighted by atomic mass is 32.3. The van der Waals surface area contributed by atoms with Crippen LogP contribution in [0, 0.1) is 5.92 Å². The molecule has 6 nitrogen and oxygen atoms in total. The maximum atomic E-state index is 10.0. The zero-order valence-electron chi connectivity index (χ0n) is 33.9. The quantitative estimate of drug-likeness (QED) is 0.0375. The fraction of sp³-hybridized carbons (Fsp3) is 1.00. The summed E-state index contributed by atoms with van der Waals surface area (Å²) in [6.07, 6.45) is 48.5. The summed E-state index contributed by atoms with van der Waals surface area (Å²) in [7, 11) is -1.20. The molecule has 7 heteroatoms. The van der Waals surface area contributed by atoms with E-state index in [0.29, 0.717) is 0 Å². The highest BCUT2D eigenvalue weighted by Crippen LogP contribution is 2.22. The molecule has 0 bridgehead atoms. The summed E-state index contributed by atoms with van der Waals surface area (Å²) < 4.78 is 29.7. The Morgan fingerprint density at radius 1 is 0.490 bits per heavy atom. The van der Waals surface area contributed by atoms with Crippen molar-refractivity contribution >= 4 is 10.4 Å². The molecule has 298 valence electrons. The summed E-state index contributed by atoms with van der Waals surface area (Å²) in [4.78, 5) is 2.16. The second kappa shape index (κ2) is 40.6. The molecular formula is C42H89NO5S. The summed E-state index contributed by atoms with van der Waals surface area (Å²) in [6, 6.07) is 0. The second-order valence-corrected chi connectivity index (χ2v) is 16.4. The smallest absolute Gasteiger partial charge is 0.379 e. The first-order chi connectivity index (χ1) is 23.7. The Morgan fingerprint density at radius 2 is 0.694 bits per heavy atom. The van der Waals surface area contributed by atoms with E-state index in [4.69, 9.17) is 4.55 Å². The summed E-state index contributed by atoms with van der Waals surface area (Å²) in [5, 5.41) is 10.0. The Labute approximate surface area is 308 Å². The van der Waals surface area contributed by atoms with E-state index in [1.807, 2.05) is 6.92 Å². The van der Waals surface area contributed by atoms with Gasteiger partial charge in [-0.15, -0.1) is 0 Å². The van der Waals surface area contributed by atoms with Gasteiger partial charge in [0.05, 0.1) is 7.11 Å². The van der Waals surface area contributed by atoms with E-state index in [2.05, 4.69) is 30.0 Å². The Kier molecular flexibility index (Phi) is 42.1. The Balaban J connectivity index is 0. The van der Waals surface area contributed by atoms with Gasteiger partial charge in [0.2, 0.25) is 0 Å². The minimum Gasteiger partial charge on any atom is -0.379 e. The average Bonchev–Trinajstić information content (AvgIpc) is 3.07. The van der Waals surface area contributed by atoms with E-state index < -0.39 is 10.4 Å². The van der Waals surface area contributed by atoms with Crippen molar-refractivity contribution in [3.05, 3.63) is 0 Å². The van der Waals surface area contributed by atoms with Crippen LogP contribution in [0.25, 0.3) is 0 Å². The van der Waals surface area contributed by atoms with E-state index in [1.54, 1.807) is 0 Å². The van der Waals surface area contributed by atoms with Gasteiger partial charge in [0.15, 0.2) is 0 Å². The average molecular weight is 720 g/mol. The molecular weight excluding hydrogens is 631 g/mol. The van der Waals surface area contributed by atoms with Crippen molar-refractivity contribution < 1.29 is 22.3 Å². The standard InChI is InChI=1S/C41H85NO.CH4O4S/c1-5-7-9-11-13-15-17-19-21-23-25-27-29-31-33-35-37-41(39-42(4)40(3)43)38-36-34-32-30-28-26-24-22-20-18-16-14-12-10-8-6-2;1-5-6(2,3)4/h40-41,43H,5-39H2,1-4H3;1H3,(H,2,3,4). The monoisotopic (exact) mass is 720 g/mol. The van der Waals surface area contributed by atoms with Crippen LogP contribution in [0.5, 0.6) is 0 Å². The predicted molar refractivity (Wildman–Crippen MR) is 215 cm³/mol. The second-order valence-electron chi connectivity index (χ2n) is 15.2. The SMILES string of the molecule is CCCCCCCCCCCCCCCCCCC(CCCCCCCCCCCCCCCCCC)CN(C)C(C)O.COS(=O)(=O)O. The first kappa shape index (κ1) is 50.9. The number of aliphatic hydroxyl groups is 1. The molecule has 0 spiro atoms. The van der Waals surface area contributed by atoms with Crippen molar-refractivity contribution in [3.63, 3.8) is 0 Å². The lowest BCUT2D eigenvalue weighted by molar-refractivity contribution is 0.0255. The molecule has 0 saturated heterocycles. The fourth-order valence-corrected chi connectivity index (χ4v) is 6.85. The van der Waals surface area contributed by atoms with Crippen molar-refractivity contribution in [1.29, 1.82) is 0 Å². The van der Waals surface area contributed by atoms with Crippen molar-refractivity contribution in [1.82, 2.24) is 4.90 Å². The van der Waals surface area contributed by atoms with Crippen LogP contribution in [-0.4, -0.2) is 49.9 Å². The van der Waals surface area contributed by atoms with Gasteiger partial charge in [-0.2, -0.15) is 8.42 Å². The summed E-state index contributed by atoms with van der Waals surface area (Å²) in [5.74, 6) is 0.762. The maximum absolute atomic E-state index is 10.0. The summed E-state index contributed by atoms with van der Waals surface area (Å²) >= 11 is 0. The Bertz CT molecular complexity index is 682. The lowest BCUT2D eigenvalue weighted by atomic mass is 9.93. The molecule has 1 atom stereocenters. The first-order valence-corrected chi connectivity index (χ1v) is 23.0. The lowest BCUT2D eigenvalue weighted by Crippen LogP contribution is -2.33. The fourth-order valence-electron chi connectivity index (χ4n) is 6.85. The normalized spacial score (nSPS) is 12.5. The van der Waals surface area contributed by atoms with Gasteiger partial charge >= 0.3 is 10.4 Å². The third kappa shape index (κ3) is 45.8. The van der Waals surface area contributed by atoms with Crippen LogP contribution in [-0.2, 0) is 14.6 Å². The van der Waals surface area contributed by atoms with Crippen molar-refractivity contribution in [3.8, 4) is 0 Å². The van der Waals surface area contributed by atoms with Gasteiger partial charge in [0.1, 0.15) is 6.23 Å². The summed E-state index contributed by atoms with van der Waals surface area (Å²) in [5.41, 5.74) is 0. The molecule has 0 aliphatic rings. The zero-order valence-corrected chi connectivity index (χ0v) is 34.7. The zero-order chi connectivity index (χ0) is 36.7. The van der Waals surface area contributed by atoms with Gasteiger partial charge in [-0.1, -0.05) is 219 Å². The van der Waals surface area contributed by atoms with Crippen molar-refractivity contribution in [2.24, 2.45) is 5.92 Å². The van der Waals surface area contributed by atoms with Crippen LogP contribution >= 0.6 is 0 Å². The lowest BCUT2D eigenvalue weighted by Gasteiger charge is -2.26. The molecule has 0 amide bonds. The van der Waals surface area contributed by atoms with Crippen LogP contribution in [0.3, 0.4) is 0 Å². The van der Waals surface area contributed by atoms with Crippen LogP contribution in [0.2, 0.25) is 0 Å². The van der Waals surface area contributed by atoms with Crippen LogP contribution in [0.4, 0.5) is 0 Å². The molecule has 49 heavy (non-hydrogen) atoms. The van der Waals surface area contributed by atoms with E-state index >= 15 is 0 Å². The molecule has 0 aliphatic heterocycles. The van der Waals surface area contributed by atoms with Gasteiger partial charge in [-0.25, -0.2) is 0 Å². The molecule has 0 aliphatic carbocycles. The van der Waals surface area contributed by atoms with Crippen LogP contribution in [0.1, 0.15) is 239 Å². The van der Waals surface area contributed by atoms with Gasteiger partial charge in [-0.05, 0) is 32.7 Å². The third-order valence-electron chi connectivity index (χ3n) is 10.3. The minimum atomic E-state index is -4.16. The largest absolute Gasteiger partial charge is 0.397 e. The minimum absolute atomic E-state index is 0.320. The molecule has 0 heterocycles.